The predicted octanol–water partition coefficient (Wildman–Crippen LogP) is 3.29. The molecule has 152 valence electrons. The maximum Gasteiger partial charge on any atom is 0.439 e. The fraction of sp³-hybridized carbons (Fsp3) is 0.150. The Morgan fingerprint density at radius 2 is 2.00 bits per heavy atom. The van der Waals surface area contributed by atoms with Crippen LogP contribution in [0.2, 0.25) is 0 Å². The number of amides is 1. The van der Waals surface area contributed by atoms with Crippen LogP contribution in [-0.2, 0) is 11.3 Å². The number of benzene rings is 2. The SMILES string of the molecule is Cc1cccc(-c2n[nH]c(=S)n2CCC(=O)Nc2cccc(-c3noc(=O)[nH]3)c2)c1. The van der Waals surface area contributed by atoms with Crippen molar-refractivity contribution in [3.8, 4) is 22.8 Å². The lowest BCUT2D eigenvalue weighted by atomic mass is 10.1. The van der Waals surface area contributed by atoms with E-state index in [1.54, 1.807) is 28.8 Å². The molecule has 10 heteroatoms. The summed E-state index contributed by atoms with van der Waals surface area (Å²) in [5, 5.41) is 13.6. The monoisotopic (exact) mass is 422 g/mol. The lowest BCUT2D eigenvalue weighted by Gasteiger charge is -2.09. The van der Waals surface area contributed by atoms with Gasteiger partial charge >= 0.3 is 5.76 Å². The smallest absolute Gasteiger partial charge is 0.326 e. The Hall–Kier alpha value is -3.79. The molecule has 9 nitrogen and oxygen atoms in total. The lowest BCUT2D eigenvalue weighted by molar-refractivity contribution is -0.116. The van der Waals surface area contributed by atoms with Gasteiger partial charge in [0.15, 0.2) is 16.4 Å². The van der Waals surface area contributed by atoms with Crippen LogP contribution in [0.5, 0.6) is 0 Å². The summed E-state index contributed by atoms with van der Waals surface area (Å²) in [5.41, 5.74) is 3.24. The first kappa shape index (κ1) is 19.5. The third-order valence-electron chi connectivity index (χ3n) is 4.46. The van der Waals surface area contributed by atoms with Gasteiger partial charge in [0.05, 0.1) is 0 Å². The topological polar surface area (TPSA) is 122 Å². The van der Waals surface area contributed by atoms with E-state index in [2.05, 4.69) is 30.2 Å². The number of nitrogens with one attached hydrogen (secondary N) is 3. The molecule has 4 rings (SSSR count). The molecule has 30 heavy (non-hydrogen) atoms. The number of hydrogen-bond acceptors (Lipinski definition) is 6. The summed E-state index contributed by atoms with van der Waals surface area (Å²) in [4.78, 5) is 26.1. The molecule has 1 amide bonds. The molecule has 2 aromatic carbocycles. The lowest BCUT2D eigenvalue weighted by Crippen LogP contribution is -2.15. The first-order valence-corrected chi connectivity index (χ1v) is 9.59. The van der Waals surface area contributed by atoms with Gasteiger partial charge in [0, 0.05) is 29.8 Å². The second kappa shape index (κ2) is 8.29. The van der Waals surface area contributed by atoms with E-state index in [1.165, 1.54) is 0 Å². The Bertz CT molecular complexity index is 1320. The maximum atomic E-state index is 12.5. The molecular formula is C20H18N6O3S. The second-order valence-corrected chi connectivity index (χ2v) is 7.08. The molecule has 0 aliphatic carbocycles. The Labute approximate surface area is 175 Å². The highest BCUT2D eigenvalue weighted by Crippen LogP contribution is 2.20. The number of hydrogen-bond donors (Lipinski definition) is 3. The summed E-state index contributed by atoms with van der Waals surface area (Å²) in [6, 6.07) is 14.9. The van der Waals surface area contributed by atoms with Crippen LogP contribution in [0.25, 0.3) is 22.8 Å². The second-order valence-electron chi connectivity index (χ2n) is 6.70. The average Bonchev–Trinajstić information content (AvgIpc) is 3.32. The molecule has 0 saturated carbocycles. The Kier molecular flexibility index (Phi) is 5.40. The number of aromatic amines is 2. The number of aromatic nitrogens is 5. The summed E-state index contributed by atoms with van der Waals surface area (Å²) < 4.78 is 6.78. The van der Waals surface area contributed by atoms with E-state index in [1.807, 2.05) is 31.2 Å². The summed E-state index contributed by atoms with van der Waals surface area (Å²) in [6.45, 7) is 2.38. The molecule has 0 aliphatic heterocycles. The zero-order valence-corrected chi connectivity index (χ0v) is 16.8. The summed E-state index contributed by atoms with van der Waals surface area (Å²) >= 11 is 5.33. The van der Waals surface area contributed by atoms with Crippen LogP contribution in [0.3, 0.4) is 0 Å². The number of carbonyl (C=O) groups is 1. The molecule has 0 unspecified atom stereocenters. The minimum atomic E-state index is -0.638. The van der Waals surface area contributed by atoms with Gasteiger partial charge in [-0.3, -0.25) is 24.0 Å². The summed E-state index contributed by atoms with van der Waals surface area (Å²) in [7, 11) is 0. The number of nitrogens with zero attached hydrogens (tertiary/aromatic N) is 3. The van der Waals surface area contributed by atoms with Crippen LogP contribution in [0.1, 0.15) is 12.0 Å². The normalized spacial score (nSPS) is 10.8. The minimum absolute atomic E-state index is 0.181. The van der Waals surface area contributed by atoms with Crippen molar-refractivity contribution in [3.05, 3.63) is 69.4 Å². The molecule has 0 atom stereocenters. The molecular weight excluding hydrogens is 404 g/mol. The van der Waals surface area contributed by atoms with Gasteiger partial charge < -0.3 is 5.32 Å². The molecule has 0 spiro atoms. The van der Waals surface area contributed by atoms with Gasteiger partial charge in [-0.1, -0.05) is 41.1 Å². The van der Waals surface area contributed by atoms with Crippen molar-refractivity contribution in [3.63, 3.8) is 0 Å². The number of rotatable bonds is 6. The van der Waals surface area contributed by atoms with Crippen molar-refractivity contribution in [2.45, 2.75) is 19.9 Å². The van der Waals surface area contributed by atoms with Crippen molar-refractivity contribution in [2.75, 3.05) is 5.32 Å². The first-order valence-electron chi connectivity index (χ1n) is 9.18. The van der Waals surface area contributed by atoms with Crippen LogP contribution >= 0.6 is 12.2 Å². The fourth-order valence-corrected chi connectivity index (χ4v) is 3.29. The summed E-state index contributed by atoms with van der Waals surface area (Å²) in [5.74, 6) is 0.164. The third kappa shape index (κ3) is 4.28. The van der Waals surface area contributed by atoms with Gasteiger partial charge in [0.25, 0.3) is 0 Å². The Morgan fingerprint density at radius 3 is 2.77 bits per heavy atom. The van der Waals surface area contributed by atoms with E-state index >= 15 is 0 Å². The van der Waals surface area contributed by atoms with Crippen LogP contribution in [0, 0.1) is 11.7 Å². The average molecular weight is 422 g/mol. The maximum absolute atomic E-state index is 12.5. The van der Waals surface area contributed by atoms with Crippen LogP contribution in [0.15, 0.2) is 57.8 Å². The number of H-pyrrole nitrogens is 2. The van der Waals surface area contributed by atoms with Crippen LogP contribution < -0.4 is 11.1 Å². The highest BCUT2D eigenvalue weighted by atomic mass is 32.1. The van der Waals surface area contributed by atoms with Gasteiger partial charge in [0.2, 0.25) is 5.91 Å². The van der Waals surface area contributed by atoms with Crippen molar-refractivity contribution in [1.82, 2.24) is 24.9 Å². The van der Waals surface area contributed by atoms with Gasteiger partial charge in [-0.05, 0) is 37.3 Å². The molecule has 4 aromatic rings. The zero-order chi connectivity index (χ0) is 21.1. The molecule has 0 radical (unpaired) electrons. The predicted molar refractivity (Wildman–Crippen MR) is 113 cm³/mol. The van der Waals surface area contributed by atoms with Crippen molar-refractivity contribution in [2.24, 2.45) is 0 Å². The van der Waals surface area contributed by atoms with Gasteiger partial charge in [-0.2, -0.15) is 5.10 Å². The number of aryl methyl sites for hydroxylation is 1. The van der Waals surface area contributed by atoms with Gasteiger partial charge in [-0.15, -0.1) is 0 Å². The van der Waals surface area contributed by atoms with E-state index in [0.717, 1.165) is 11.1 Å². The van der Waals surface area contributed by atoms with Crippen LogP contribution in [0.4, 0.5) is 5.69 Å². The van der Waals surface area contributed by atoms with E-state index in [-0.39, 0.29) is 12.3 Å². The molecule has 0 aliphatic rings. The molecule has 3 N–H and O–H groups in total. The first-order chi connectivity index (χ1) is 14.5. The summed E-state index contributed by atoms with van der Waals surface area (Å²) in [6.07, 6.45) is 0.206. The molecule has 2 heterocycles. The Morgan fingerprint density at radius 1 is 1.20 bits per heavy atom. The fourth-order valence-electron chi connectivity index (χ4n) is 3.07. The van der Waals surface area contributed by atoms with Crippen LogP contribution in [-0.4, -0.2) is 30.8 Å². The third-order valence-corrected chi connectivity index (χ3v) is 4.77. The van der Waals surface area contributed by atoms with Crippen molar-refractivity contribution >= 4 is 23.8 Å². The van der Waals surface area contributed by atoms with E-state index in [4.69, 9.17) is 12.2 Å². The standard InChI is InChI=1S/C20H18N6O3S/c1-12-4-2-6-14(10-12)18-23-24-19(30)26(18)9-8-16(27)21-15-7-3-5-13(11-15)17-22-20(28)29-25-17/h2-7,10-11H,8-9H2,1H3,(H,21,27)(H,24,30)(H,22,25,28). The number of carbonyl (C=O) groups excluding carboxylic acids is 1. The number of anilines is 1. The van der Waals surface area contributed by atoms with E-state index in [0.29, 0.717) is 34.2 Å². The molecule has 0 fully saturated rings. The molecule has 0 saturated heterocycles. The van der Waals surface area contributed by atoms with Gasteiger partial charge in [0.1, 0.15) is 0 Å². The van der Waals surface area contributed by atoms with Crippen molar-refractivity contribution in [1.29, 1.82) is 0 Å². The van der Waals surface area contributed by atoms with Gasteiger partial charge in [-0.25, -0.2) is 4.79 Å². The zero-order valence-electron chi connectivity index (χ0n) is 16.0. The van der Waals surface area contributed by atoms with E-state index < -0.39 is 5.76 Å². The highest BCUT2D eigenvalue weighted by molar-refractivity contribution is 7.71. The quantitative estimate of drug-likeness (QED) is 0.410. The largest absolute Gasteiger partial charge is 0.439 e. The van der Waals surface area contributed by atoms with E-state index in [9.17, 15) is 9.59 Å². The Balaban J connectivity index is 1.46. The minimum Gasteiger partial charge on any atom is -0.326 e. The molecule has 2 aromatic heterocycles. The van der Waals surface area contributed by atoms with Crippen molar-refractivity contribution < 1.29 is 9.32 Å². The highest BCUT2D eigenvalue weighted by Gasteiger charge is 2.12. The molecule has 0 bridgehead atoms.